The van der Waals surface area contributed by atoms with Gasteiger partial charge in [-0.1, -0.05) is 6.07 Å². The summed E-state index contributed by atoms with van der Waals surface area (Å²) in [6.45, 7) is -0.00604. The summed E-state index contributed by atoms with van der Waals surface area (Å²) in [4.78, 5) is 25.8. The summed E-state index contributed by atoms with van der Waals surface area (Å²) in [5.41, 5.74) is 1.40. The maximum atomic E-state index is 12.2. The van der Waals surface area contributed by atoms with Crippen LogP contribution in [0.25, 0.3) is 6.08 Å². The molecule has 0 bridgehead atoms. The number of nitrogens with one attached hydrogen (secondary N) is 2. The fourth-order valence-corrected chi connectivity index (χ4v) is 4.79. The van der Waals surface area contributed by atoms with Crippen molar-refractivity contribution in [1.29, 1.82) is 5.26 Å². The number of hydrogen-bond donors (Lipinski definition) is 3. The van der Waals surface area contributed by atoms with Gasteiger partial charge in [-0.25, -0.2) is 4.79 Å². The number of fused-ring (bicyclic) bond motifs is 1. The zero-order valence-corrected chi connectivity index (χ0v) is 16.6. The number of thiophene rings is 2. The van der Waals surface area contributed by atoms with E-state index in [-0.39, 0.29) is 25.2 Å². The van der Waals surface area contributed by atoms with Crippen molar-refractivity contribution in [1.82, 2.24) is 5.32 Å². The summed E-state index contributed by atoms with van der Waals surface area (Å²) in [7, 11) is 0. The fourth-order valence-electron chi connectivity index (χ4n) is 2.91. The predicted octanol–water partition coefficient (Wildman–Crippen LogP) is 2.91. The van der Waals surface area contributed by atoms with Crippen molar-refractivity contribution in [3.05, 3.63) is 44.5 Å². The Bertz CT molecular complexity index is 912. The second-order valence-corrected chi connectivity index (χ2v) is 8.16. The Hall–Kier alpha value is -2.67. The monoisotopic (exact) mass is 417 g/mol. The molecule has 0 radical (unpaired) electrons. The van der Waals surface area contributed by atoms with E-state index in [1.165, 1.54) is 28.7 Å². The van der Waals surface area contributed by atoms with E-state index in [2.05, 4.69) is 16.7 Å². The van der Waals surface area contributed by atoms with Crippen LogP contribution < -0.4 is 10.6 Å². The molecule has 2 amide bonds. The number of aliphatic hydroxyl groups excluding tert-OH is 1. The number of carbonyl (C=O) groups is 2. The Morgan fingerprint density at radius 1 is 1.46 bits per heavy atom. The second kappa shape index (κ2) is 9.50. The van der Waals surface area contributed by atoms with Crippen LogP contribution in [0.4, 0.5) is 9.80 Å². The lowest BCUT2D eigenvalue weighted by Gasteiger charge is -2.22. The second-order valence-electron chi connectivity index (χ2n) is 6.08. The van der Waals surface area contributed by atoms with Gasteiger partial charge in [-0.3, -0.25) is 4.79 Å². The minimum atomic E-state index is -0.563. The Labute approximate surface area is 170 Å². The Morgan fingerprint density at radius 2 is 2.32 bits per heavy atom. The average Bonchev–Trinajstić information content (AvgIpc) is 3.31. The van der Waals surface area contributed by atoms with E-state index in [0.29, 0.717) is 29.8 Å². The Morgan fingerprint density at radius 3 is 3.04 bits per heavy atom. The standard InChI is InChI=1S/C19H19N3O4S2/c20-11-15-14-5-3-12(26-19(25)21-7-8-23)10-16(14)28-18(15)22-17(24)6-4-13-2-1-9-27-13/h1-2,4,6,9,12,23H,3,5,7-8,10H2,(H,21,25)(H,22,24). The lowest BCUT2D eigenvalue weighted by atomic mass is 9.94. The zero-order chi connectivity index (χ0) is 19.9. The first kappa shape index (κ1) is 20.1. The molecule has 2 aromatic rings. The van der Waals surface area contributed by atoms with Crippen LogP contribution in [-0.4, -0.2) is 36.4 Å². The van der Waals surface area contributed by atoms with E-state index in [9.17, 15) is 14.9 Å². The van der Waals surface area contributed by atoms with E-state index in [4.69, 9.17) is 9.84 Å². The number of hydrogen-bond acceptors (Lipinski definition) is 7. The van der Waals surface area contributed by atoms with Gasteiger partial charge in [-0.2, -0.15) is 5.26 Å². The molecule has 7 nitrogen and oxygen atoms in total. The minimum Gasteiger partial charge on any atom is -0.446 e. The van der Waals surface area contributed by atoms with Crippen LogP contribution in [0.1, 0.15) is 27.3 Å². The van der Waals surface area contributed by atoms with Crippen molar-refractivity contribution >= 4 is 45.8 Å². The van der Waals surface area contributed by atoms with Crippen molar-refractivity contribution in [2.45, 2.75) is 25.4 Å². The summed E-state index contributed by atoms with van der Waals surface area (Å²) in [6.07, 6.45) is 4.04. The number of rotatable bonds is 6. The largest absolute Gasteiger partial charge is 0.446 e. The SMILES string of the molecule is N#Cc1c(NC(=O)C=Cc2cccs2)sc2c1CCC(OC(=O)NCCO)C2. The van der Waals surface area contributed by atoms with Gasteiger partial charge in [-0.05, 0) is 35.9 Å². The molecule has 0 saturated carbocycles. The molecule has 146 valence electrons. The molecule has 1 aliphatic carbocycles. The van der Waals surface area contributed by atoms with Crippen molar-refractivity contribution < 1.29 is 19.4 Å². The van der Waals surface area contributed by atoms with E-state index in [0.717, 1.165) is 15.3 Å². The number of anilines is 1. The number of alkyl carbamates (subject to hydrolysis) is 1. The van der Waals surface area contributed by atoms with Gasteiger partial charge in [0.15, 0.2) is 0 Å². The van der Waals surface area contributed by atoms with Crippen LogP contribution in [0.5, 0.6) is 0 Å². The van der Waals surface area contributed by atoms with Gasteiger partial charge in [0.05, 0.1) is 12.2 Å². The van der Waals surface area contributed by atoms with E-state index >= 15 is 0 Å². The molecule has 28 heavy (non-hydrogen) atoms. The summed E-state index contributed by atoms with van der Waals surface area (Å²) < 4.78 is 5.36. The van der Waals surface area contributed by atoms with E-state index in [1.807, 2.05) is 17.5 Å². The molecule has 2 aromatic heterocycles. The van der Waals surface area contributed by atoms with Crippen LogP contribution >= 0.6 is 22.7 Å². The third kappa shape index (κ3) is 4.98. The molecule has 0 fully saturated rings. The first-order valence-corrected chi connectivity index (χ1v) is 10.4. The van der Waals surface area contributed by atoms with Gasteiger partial charge in [0.2, 0.25) is 5.91 Å². The fraction of sp³-hybridized carbons (Fsp3) is 0.316. The quantitative estimate of drug-likeness (QED) is 0.626. The zero-order valence-electron chi connectivity index (χ0n) is 14.9. The van der Waals surface area contributed by atoms with E-state index in [1.54, 1.807) is 6.08 Å². The number of ether oxygens (including phenoxy) is 1. The third-order valence-corrected chi connectivity index (χ3v) is 6.17. The van der Waals surface area contributed by atoms with Crippen LogP contribution in [0.2, 0.25) is 0 Å². The lowest BCUT2D eigenvalue weighted by Crippen LogP contribution is -2.33. The van der Waals surface area contributed by atoms with Crippen molar-refractivity contribution in [2.24, 2.45) is 0 Å². The topological polar surface area (TPSA) is 111 Å². The van der Waals surface area contributed by atoms with Crippen LogP contribution in [0, 0.1) is 11.3 Å². The molecule has 0 aromatic carbocycles. The average molecular weight is 418 g/mol. The molecule has 2 heterocycles. The molecule has 0 spiro atoms. The number of aliphatic hydroxyl groups is 1. The first-order chi connectivity index (χ1) is 13.6. The number of amides is 2. The number of nitriles is 1. The van der Waals surface area contributed by atoms with Gasteiger partial charge in [0, 0.05) is 28.8 Å². The molecule has 9 heteroatoms. The highest BCUT2D eigenvalue weighted by molar-refractivity contribution is 7.16. The normalized spacial score (nSPS) is 15.6. The smallest absolute Gasteiger partial charge is 0.407 e. The summed E-state index contributed by atoms with van der Waals surface area (Å²) in [5.74, 6) is -0.292. The van der Waals surface area contributed by atoms with Crippen molar-refractivity contribution in [3.8, 4) is 6.07 Å². The highest BCUT2D eigenvalue weighted by Crippen LogP contribution is 2.38. The molecule has 1 atom stereocenters. The van der Waals surface area contributed by atoms with Gasteiger partial charge >= 0.3 is 6.09 Å². The highest BCUT2D eigenvalue weighted by atomic mass is 32.1. The predicted molar refractivity (Wildman–Crippen MR) is 108 cm³/mol. The van der Waals surface area contributed by atoms with Gasteiger partial charge in [0.25, 0.3) is 0 Å². The molecule has 3 N–H and O–H groups in total. The Kier molecular flexibility index (Phi) is 6.81. The molecular weight excluding hydrogens is 398 g/mol. The van der Waals surface area contributed by atoms with Crippen LogP contribution in [0.15, 0.2) is 23.6 Å². The summed E-state index contributed by atoms with van der Waals surface area (Å²) in [5, 5.41) is 26.0. The highest BCUT2D eigenvalue weighted by Gasteiger charge is 2.28. The maximum absolute atomic E-state index is 12.2. The van der Waals surface area contributed by atoms with E-state index < -0.39 is 6.09 Å². The Balaban J connectivity index is 1.66. The molecular formula is C19H19N3O4S2. The number of nitrogens with zero attached hydrogens (tertiary/aromatic N) is 1. The first-order valence-electron chi connectivity index (χ1n) is 8.73. The summed E-state index contributed by atoms with van der Waals surface area (Å²) in [6, 6.07) is 6.01. The molecule has 0 aliphatic heterocycles. The van der Waals surface area contributed by atoms with Crippen LogP contribution in [-0.2, 0) is 22.4 Å². The molecule has 1 unspecified atom stereocenters. The lowest BCUT2D eigenvalue weighted by molar-refractivity contribution is -0.111. The number of carbonyl (C=O) groups excluding carboxylic acids is 2. The van der Waals surface area contributed by atoms with Crippen molar-refractivity contribution in [3.63, 3.8) is 0 Å². The van der Waals surface area contributed by atoms with Crippen molar-refractivity contribution in [2.75, 3.05) is 18.5 Å². The van der Waals surface area contributed by atoms with Crippen LogP contribution in [0.3, 0.4) is 0 Å². The molecule has 1 aliphatic rings. The van der Waals surface area contributed by atoms with Gasteiger partial charge in [-0.15, -0.1) is 22.7 Å². The molecule has 0 saturated heterocycles. The van der Waals surface area contributed by atoms with Gasteiger partial charge < -0.3 is 20.5 Å². The maximum Gasteiger partial charge on any atom is 0.407 e. The third-order valence-electron chi connectivity index (χ3n) is 4.17. The summed E-state index contributed by atoms with van der Waals surface area (Å²) >= 11 is 2.88. The minimum absolute atomic E-state index is 0.142. The molecule has 3 rings (SSSR count). The van der Waals surface area contributed by atoms with Gasteiger partial charge in [0.1, 0.15) is 17.2 Å².